The van der Waals surface area contributed by atoms with Gasteiger partial charge in [0.1, 0.15) is 0 Å². The Kier molecular flexibility index (Phi) is 4.58. The number of rotatable bonds is 4. The van der Waals surface area contributed by atoms with Crippen molar-refractivity contribution in [3.05, 3.63) is 59.8 Å². The molecule has 1 aliphatic heterocycles. The van der Waals surface area contributed by atoms with Crippen molar-refractivity contribution < 1.29 is 22.7 Å². The minimum absolute atomic E-state index is 0.137. The Morgan fingerprint density at radius 3 is 2.71 bits per heavy atom. The van der Waals surface area contributed by atoms with E-state index in [4.69, 9.17) is 4.74 Å². The summed E-state index contributed by atoms with van der Waals surface area (Å²) < 4.78 is 48.1. The average Bonchev–Trinajstić information content (AvgIpc) is 3.09. The van der Waals surface area contributed by atoms with Crippen molar-refractivity contribution in [1.82, 2.24) is 19.7 Å². The zero-order valence-electron chi connectivity index (χ0n) is 18.5. The van der Waals surface area contributed by atoms with Gasteiger partial charge in [0.05, 0.1) is 17.7 Å². The smallest absolute Gasteiger partial charge is 0.381 e. The first-order valence-corrected chi connectivity index (χ1v) is 11.3. The number of alkyl halides is 3. The number of aryl methyl sites for hydroxylation is 1. The van der Waals surface area contributed by atoms with Crippen LogP contribution in [0.25, 0.3) is 27.6 Å². The van der Waals surface area contributed by atoms with Crippen molar-refractivity contribution in [1.29, 1.82) is 0 Å². The van der Waals surface area contributed by atoms with Crippen molar-refractivity contribution in [2.45, 2.75) is 19.0 Å². The van der Waals surface area contributed by atoms with Crippen molar-refractivity contribution in [3.8, 4) is 5.69 Å². The molecule has 1 spiro atoms. The molecule has 2 aromatic heterocycles. The maximum atomic E-state index is 13.0. The standard InChI is InChI=1S/C25H23F3N4O2/c1-31-13-20-19-10-15(23(33)29-12-17-11-24(17)8-9-34-14-24)2-7-21(19)32(22(20)30-31)18-5-3-16(4-6-18)25(26,27)28/h2-7,10,13,17H,8-9,11-12,14H2,1H3,(H,29,33). The molecule has 1 saturated carbocycles. The first-order valence-electron chi connectivity index (χ1n) is 11.3. The zero-order chi connectivity index (χ0) is 23.7. The fraction of sp³-hybridized carbons (Fsp3) is 0.360. The van der Waals surface area contributed by atoms with E-state index < -0.39 is 11.7 Å². The van der Waals surface area contributed by atoms with Crippen LogP contribution < -0.4 is 5.32 Å². The van der Waals surface area contributed by atoms with Gasteiger partial charge >= 0.3 is 6.18 Å². The van der Waals surface area contributed by atoms with E-state index in [0.29, 0.717) is 29.4 Å². The van der Waals surface area contributed by atoms with Crippen LogP contribution in [0.5, 0.6) is 0 Å². The monoisotopic (exact) mass is 468 g/mol. The Balaban J connectivity index is 1.33. The molecule has 6 rings (SSSR count). The van der Waals surface area contributed by atoms with Crippen molar-refractivity contribution in [2.75, 3.05) is 19.8 Å². The number of hydrogen-bond donors (Lipinski definition) is 1. The summed E-state index contributed by atoms with van der Waals surface area (Å²) >= 11 is 0. The molecule has 2 unspecified atom stereocenters. The predicted octanol–water partition coefficient (Wildman–Crippen LogP) is 4.69. The average molecular weight is 468 g/mol. The third kappa shape index (κ3) is 3.37. The maximum absolute atomic E-state index is 13.0. The van der Waals surface area contributed by atoms with Crippen molar-refractivity contribution >= 4 is 27.8 Å². The number of ether oxygens (including phenoxy) is 1. The number of halogens is 3. The highest BCUT2D eigenvalue weighted by atomic mass is 19.4. The van der Waals surface area contributed by atoms with E-state index >= 15 is 0 Å². The van der Waals surface area contributed by atoms with E-state index in [1.807, 2.05) is 22.9 Å². The quantitative estimate of drug-likeness (QED) is 0.473. The summed E-state index contributed by atoms with van der Waals surface area (Å²) in [6.45, 7) is 2.23. The van der Waals surface area contributed by atoms with Gasteiger partial charge in [-0.25, -0.2) is 0 Å². The number of carbonyl (C=O) groups excluding carboxylic acids is 1. The summed E-state index contributed by atoms with van der Waals surface area (Å²) in [7, 11) is 1.79. The molecule has 1 N–H and O–H groups in total. The van der Waals surface area contributed by atoms with Crippen LogP contribution in [0.2, 0.25) is 0 Å². The fourth-order valence-corrected chi connectivity index (χ4v) is 5.24. The van der Waals surface area contributed by atoms with Gasteiger partial charge in [-0.15, -0.1) is 0 Å². The van der Waals surface area contributed by atoms with Crippen molar-refractivity contribution in [2.24, 2.45) is 18.4 Å². The third-order valence-corrected chi connectivity index (χ3v) is 7.27. The van der Waals surface area contributed by atoms with Crippen LogP contribution in [0.4, 0.5) is 13.2 Å². The van der Waals surface area contributed by atoms with Crippen LogP contribution in [0, 0.1) is 11.3 Å². The number of benzene rings is 2. The lowest BCUT2D eigenvalue weighted by Gasteiger charge is -2.11. The number of hydrogen-bond acceptors (Lipinski definition) is 3. The molecular formula is C25H23F3N4O2. The topological polar surface area (TPSA) is 61.1 Å². The van der Waals surface area contributed by atoms with Crippen molar-refractivity contribution in [3.63, 3.8) is 0 Å². The molecule has 1 aliphatic carbocycles. The summed E-state index contributed by atoms with van der Waals surface area (Å²) in [4.78, 5) is 12.9. The van der Waals surface area contributed by atoms with E-state index in [1.54, 1.807) is 17.8 Å². The van der Waals surface area contributed by atoms with Crippen LogP contribution >= 0.6 is 0 Å². The first-order chi connectivity index (χ1) is 16.2. The van der Waals surface area contributed by atoms with Gasteiger partial charge in [-0.1, -0.05) is 0 Å². The number of carbonyl (C=O) groups is 1. The molecule has 4 aromatic rings. The zero-order valence-corrected chi connectivity index (χ0v) is 18.5. The number of aromatic nitrogens is 3. The second-order valence-electron chi connectivity index (χ2n) is 9.43. The summed E-state index contributed by atoms with van der Waals surface area (Å²) in [6.07, 6.45) is -0.382. The number of nitrogens with one attached hydrogen (secondary N) is 1. The molecule has 0 radical (unpaired) electrons. The van der Waals surface area contributed by atoms with E-state index in [0.717, 1.165) is 54.5 Å². The summed E-state index contributed by atoms with van der Waals surface area (Å²) in [5.74, 6) is 0.329. The largest absolute Gasteiger partial charge is 0.416 e. The van der Waals surface area contributed by atoms with Gasteiger partial charge in [0.25, 0.3) is 5.91 Å². The summed E-state index contributed by atoms with van der Waals surface area (Å²) in [5.41, 5.74) is 2.07. The lowest BCUT2D eigenvalue weighted by atomic mass is 10.0. The molecule has 2 fully saturated rings. The van der Waals surface area contributed by atoms with Crippen LogP contribution in [-0.2, 0) is 18.0 Å². The Labute approximate surface area is 193 Å². The molecule has 34 heavy (non-hydrogen) atoms. The molecule has 2 aromatic carbocycles. The predicted molar refractivity (Wildman–Crippen MR) is 121 cm³/mol. The molecule has 176 valence electrons. The molecule has 0 bridgehead atoms. The van der Waals surface area contributed by atoms with E-state index in [9.17, 15) is 18.0 Å². The molecule has 1 saturated heterocycles. The second-order valence-corrected chi connectivity index (χ2v) is 9.43. The minimum atomic E-state index is -4.40. The Hall–Kier alpha value is -3.33. The number of amides is 1. The molecular weight excluding hydrogens is 445 g/mol. The Morgan fingerprint density at radius 2 is 2.00 bits per heavy atom. The number of nitrogens with zero attached hydrogens (tertiary/aromatic N) is 3. The van der Waals surface area contributed by atoms with Gasteiger partial charge in [0, 0.05) is 53.8 Å². The summed E-state index contributed by atoms with van der Waals surface area (Å²) in [6, 6.07) is 10.4. The van der Waals surface area contributed by atoms with E-state index in [2.05, 4.69) is 10.4 Å². The molecule has 2 aliphatic rings. The second kappa shape index (κ2) is 7.33. The van der Waals surface area contributed by atoms with Gasteiger partial charge in [-0.2, -0.15) is 18.3 Å². The molecule has 1 amide bonds. The van der Waals surface area contributed by atoms with Gasteiger partial charge in [0.15, 0.2) is 5.65 Å². The SMILES string of the molecule is Cn1cc2c3cc(C(=O)NCC4CC45CCOC5)ccc3n(-c3ccc(C(F)(F)F)cc3)c2n1. The van der Waals surface area contributed by atoms with Gasteiger partial charge in [0.2, 0.25) is 0 Å². The van der Waals surface area contributed by atoms with Gasteiger partial charge in [-0.05, 0) is 61.2 Å². The van der Waals surface area contributed by atoms with Crippen LogP contribution in [0.15, 0.2) is 48.7 Å². The third-order valence-electron chi connectivity index (χ3n) is 7.27. The summed E-state index contributed by atoms with van der Waals surface area (Å²) in [5, 5.41) is 9.24. The van der Waals surface area contributed by atoms with Crippen LogP contribution in [0.3, 0.4) is 0 Å². The fourth-order valence-electron chi connectivity index (χ4n) is 5.24. The highest BCUT2D eigenvalue weighted by molar-refractivity contribution is 6.10. The lowest BCUT2D eigenvalue weighted by Crippen LogP contribution is -2.27. The molecule has 6 nitrogen and oxygen atoms in total. The molecule has 3 heterocycles. The highest BCUT2D eigenvalue weighted by Crippen LogP contribution is 2.57. The lowest BCUT2D eigenvalue weighted by molar-refractivity contribution is -0.137. The minimum Gasteiger partial charge on any atom is -0.381 e. The van der Waals surface area contributed by atoms with E-state index in [-0.39, 0.29) is 11.3 Å². The molecule has 9 heteroatoms. The van der Waals surface area contributed by atoms with Gasteiger partial charge in [-0.3, -0.25) is 14.0 Å². The number of fused-ring (bicyclic) bond motifs is 3. The Morgan fingerprint density at radius 1 is 1.21 bits per heavy atom. The highest BCUT2D eigenvalue weighted by Gasteiger charge is 2.55. The van der Waals surface area contributed by atoms with E-state index in [1.165, 1.54) is 12.1 Å². The maximum Gasteiger partial charge on any atom is 0.416 e. The normalized spacial score (nSPS) is 22.2. The molecule has 2 atom stereocenters. The Bertz CT molecular complexity index is 1410. The van der Waals surface area contributed by atoms with Crippen LogP contribution in [-0.4, -0.2) is 40.0 Å². The van der Waals surface area contributed by atoms with Crippen LogP contribution in [0.1, 0.15) is 28.8 Å². The van der Waals surface area contributed by atoms with Gasteiger partial charge < -0.3 is 10.1 Å². The first kappa shape index (κ1) is 21.2.